The first-order chi connectivity index (χ1) is 14.5. The van der Waals surface area contributed by atoms with E-state index in [1.165, 1.54) is 18.9 Å². The van der Waals surface area contributed by atoms with Crippen LogP contribution in [0.4, 0.5) is 16.2 Å². The molecule has 2 aromatic carbocycles. The van der Waals surface area contributed by atoms with Crippen molar-refractivity contribution in [3.8, 4) is 5.75 Å². The molecule has 160 valence electrons. The number of carbonyl (C=O) groups excluding carboxylic acids is 2. The third kappa shape index (κ3) is 7.79. The Morgan fingerprint density at radius 3 is 2.57 bits per heavy atom. The molecule has 0 radical (unpaired) electrons. The van der Waals surface area contributed by atoms with Crippen LogP contribution in [0.1, 0.15) is 25.3 Å². The summed E-state index contributed by atoms with van der Waals surface area (Å²) in [6, 6.07) is 14.8. The van der Waals surface area contributed by atoms with Gasteiger partial charge < -0.3 is 14.8 Å². The molecule has 0 aliphatic rings. The number of hydrogen-bond donors (Lipinski definition) is 2. The summed E-state index contributed by atoms with van der Waals surface area (Å²) in [4.78, 5) is 28.5. The van der Waals surface area contributed by atoms with Crippen LogP contribution in [0.5, 0.6) is 5.75 Å². The van der Waals surface area contributed by atoms with E-state index in [0.29, 0.717) is 22.3 Å². The van der Waals surface area contributed by atoms with Crippen LogP contribution in [0, 0.1) is 0 Å². The van der Waals surface area contributed by atoms with Gasteiger partial charge >= 0.3 is 6.09 Å². The molecule has 0 aliphatic carbocycles. The summed E-state index contributed by atoms with van der Waals surface area (Å²) in [5.41, 5.74) is 2.19. The Balaban J connectivity index is 2.19. The fraction of sp³-hybridized carbons (Fsp3) is 0.318. The van der Waals surface area contributed by atoms with Crippen LogP contribution in [0.15, 0.2) is 53.5 Å². The van der Waals surface area contributed by atoms with Crippen molar-refractivity contribution in [2.24, 2.45) is 4.99 Å². The SMILES string of the molecule is CCCCc1ccc(NC(=O)COc2ccccc2)c(N=C(NC(=O)OC)SC)c1. The predicted molar refractivity (Wildman–Crippen MR) is 122 cm³/mol. The van der Waals surface area contributed by atoms with Crippen LogP contribution < -0.4 is 15.4 Å². The Morgan fingerprint density at radius 1 is 1.13 bits per heavy atom. The predicted octanol–water partition coefficient (Wildman–Crippen LogP) is 4.75. The molecule has 2 aromatic rings. The lowest BCUT2D eigenvalue weighted by Gasteiger charge is -2.12. The minimum atomic E-state index is -0.605. The number of methoxy groups -OCH3 is 1. The minimum Gasteiger partial charge on any atom is -0.484 e. The Kier molecular flexibility index (Phi) is 9.73. The summed E-state index contributed by atoms with van der Waals surface area (Å²) in [6.45, 7) is 2.01. The van der Waals surface area contributed by atoms with Crippen molar-refractivity contribution in [2.75, 3.05) is 25.3 Å². The molecule has 2 amide bonds. The van der Waals surface area contributed by atoms with Gasteiger partial charge in [0, 0.05) is 0 Å². The molecule has 0 heterocycles. The van der Waals surface area contributed by atoms with E-state index in [1.807, 2.05) is 36.4 Å². The summed E-state index contributed by atoms with van der Waals surface area (Å²) >= 11 is 1.27. The van der Waals surface area contributed by atoms with Crippen molar-refractivity contribution in [2.45, 2.75) is 26.2 Å². The van der Waals surface area contributed by atoms with Crippen LogP contribution in [0.25, 0.3) is 0 Å². The largest absolute Gasteiger partial charge is 0.484 e. The zero-order valence-electron chi connectivity index (χ0n) is 17.4. The van der Waals surface area contributed by atoms with Gasteiger partial charge in [-0.05, 0) is 48.9 Å². The molecule has 7 nitrogen and oxygen atoms in total. The summed E-state index contributed by atoms with van der Waals surface area (Å²) in [5, 5.41) is 5.77. The van der Waals surface area contributed by atoms with Crippen LogP contribution >= 0.6 is 11.8 Å². The zero-order chi connectivity index (χ0) is 21.8. The lowest BCUT2D eigenvalue weighted by molar-refractivity contribution is -0.118. The number of amides is 2. The van der Waals surface area contributed by atoms with Crippen LogP contribution in [-0.4, -0.2) is 37.1 Å². The molecule has 0 bridgehead atoms. The molecule has 2 rings (SSSR count). The molecule has 2 N–H and O–H groups in total. The summed E-state index contributed by atoms with van der Waals surface area (Å²) in [6.07, 6.45) is 4.22. The first-order valence-corrected chi connectivity index (χ1v) is 10.9. The van der Waals surface area contributed by atoms with Gasteiger partial charge in [0.05, 0.1) is 18.5 Å². The lowest BCUT2D eigenvalue weighted by atomic mass is 10.1. The average molecular weight is 430 g/mol. The van der Waals surface area contributed by atoms with Gasteiger partial charge in [0.15, 0.2) is 11.8 Å². The number of para-hydroxylation sites is 1. The molecule has 0 aliphatic heterocycles. The van der Waals surface area contributed by atoms with E-state index in [9.17, 15) is 9.59 Å². The van der Waals surface area contributed by atoms with Crippen molar-refractivity contribution in [1.82, 2.24) is 5.32 Å². The van der Waals surface area contributed by atoms with Gasteiger partial charge in [0.2, 0.25) is 0 Å². The molecular weight excluding hydrogens is 402 g/mol. The molecule has 0 spiro atoms. The van der Waals surface area contributed by atoms with Gasteiger partial charge in [-0.15, -0.1) is 0 Å². The average Bonchev–Trinajstić information content (AvgIpc) is 2.77. The highest BCUT2D eigenvalue weighted by molar-refractivity contribution is 8.13. The van der Waals surface area contributed by atoms with Gasteiger partial charge in [-0.3, -0.25) is 10.1 Å². The Morgan fingerprint density at radius 2 is 1.90 bits per heavy atom. The fourth-order valence-corrected chi connectivity index (χ4v) is 2.91. The van der Waals surface area contributed by atoms with Gasteiger partial charge in [0.1, 0.15) is 5.75 Å². The number of nitrogens with zero attached hydrogens (tertiary/aromatic N) is 1. The maximum Gasteiger partial charge on any atom is 0.412 e. The number of thioether (sulfide) groups is 1. The number of carbonyl (C=O) groups is 2. The number of rotatable bonds is 8. The number of ether oxygens (including phenoxy) is 2. The van der Waals surface area contributed by atoms with Gasteiger partial charge in [-0.25, -0.2) is 9.79 Å². The normalized spacial score (nSPS) is 11.0. The fourth-order valence-electron chi connectivity index (χ4n) is 2.54. The highest BCUT2D eigenvalue weighted by Crippen LogP contribution is 2.28. The first-order valence-electron chi connectivity index (χ1n) is 9.64. The first kappa shape index (κ1) is 23.3. The number of unbranched alkanes of at least 4 members (excludes halogenated alkanes) is 1. The third-order valence-corrected chi connectivity index (χ3v) is 4.66. The highest BCUT2D eigenvalue weighted by Gasteiger charge is 2.11. The molecule has 0 saturated carbocycles. The lowest BCUT2D eigenvalue weighted by Crippen LogP contribution is -2.27. The number of anilines is 1. The molecule has 30 heavy (non-hydrogen) atoms. The van der Waals surface area contributed by atoms with Gasteiger partial charge in [-0.1, -0.05) is 49.4 Å². The van der Waals surface area contributed by atoms with Crippen LogP contribution in [0.3, 0.4) is 0 Å². The van der Waals surface area contributed by atoms with E-state index < -0.39 is 6.09 Å². The van der Waals surface area contributed by atoms with Crippen molar-refractivity contribution >= 4 is 40.3 Å². The van der Waals surface area contributed by atoms with Crippen LogP contribution in [0.2, 0.25) is 0 Å². The standard InChI is InChI=1S/C22H27N3O4S/c1-4-5-9-16-12-13-18(19(14-16)24-21(30-3)25-22(27)28-2)23-20(26)15-29-17-10-7-6-8-11-17/h6-8,10-14H,4-5,9,15H2,1-3H3,(H,23,26)(H,24,25,27). The summed E-state index contributed by atoms with van der Waals surface area (Å²) in [5.74, 6) is 0.316. The summed E-state index contributed by atoms with van der Waals surface area (Å²) < 4.78 is 10.1. The molecule has 0 fully saturated rings. The maximum atomic E-state index is 12.4. The van der Waals surface area contributed by atoms with Crippen molar-refractivity contribution < 1.29 is 19.1 Å². The number of nitrogens with one attached hydrogen (secondary N) is 2. The van der Waals surface area contributed by atoms with E-state index in [0.717, 1.165) is 24.8 Å². The van der Waals surface area contributed by atoms with Crippen molar-refractivity contribution in [3.05, 3.63) is 54.1 Å². The molecule has 0 aromatic heterocycles. The Labute approximate surface area is 181 Å². The Hall–Kier alpha value is -3.00. The number of hydrogen-bond acceptors (Lipinski definition) is 6. The number of amidine groups is 1. The second-order valence-electron chi connectivity index (χ2n) is 6.34. The van der Waals surface area contributed by atoms with E-state index in [-0.39, 0.29) is 12.5 Å². The smallest absolute Gasteiger partial charge is 0.412 e. The summed E-state index contributed by atoms with van der Waals surface area (Å²) in [7, 11) is 1.29. The topological polar surface area (TPSA) is 89.0 Å². The van der Waals surface area contributed by atoms with E-state index in [1.54, 1.807) is 18.4 Å². The Bertz CT molecular complexity index is 872. The molecule has 0 unspecified atom stereocenters. The quantitative estimate of drug-likeness (QED) is 0.467. The van der Waals surface area contributed by atoms with Crippen LogP contribution in [-0.2, 0) is 16.0 Å². The molecular formula is C22H27N3O4S. The number of benzene rings is 2. The molecule has 8 heteroatoms. The number of aliphatic imine (C=N–C) groups is 1. The number of aryl methyl sites for hydroxylation is 1. The number of alkyl carbamates (subject to hydrolysis) is 1. The van der Waals surface area contributed by atoms with E-state index in [2.05, 4.69) is 27.3 Å². The maximum absolute atomic E-state index is 12.4. The highest BCUT2D eigenvalue weighted by atomic mass is 32.2. The second-order valence-corrected chi connectivity index (χ2v) is 7.14. The second kappa shape index (κ2) is 12.5. The van der Waals surface area contributed by atoms with Gasteiger partial charge in [-0.2, -0.15) is 0 Å². The van der Waals surface area contributed by atoms with E-state index >= 15 is 0 Å². The monoisotopic (exact) mass is 429 g/mol. The van der Waals surface area contributed by atoms with E-state index in [4.69, 9.17) is 4.74 Å². The third-order valence-electron chi connectivity index (χ3n) is 4.08. The molecule has 0 atom stereocenters. The van der Waals surface area contributed by atoms with Gasteiger partial charge in [0.25, 0.3) is 5.91 Å². The molecule has 0 saturated heterocycles. The zero-order valence-corrected chi connectivity index (χ0v) is 18.3. The van der Waals surface area contributed by atoms with Crippen molar-refractivity contribution in [3.63, 3.8) is 0 Å². The van der Waals surface area contributed by atoms with Crippen molar-refractivity contribution in [1.29, 1.82) is 0 Å². The minimum absolute atomic E-state index is 0.124.